The predicted octanol–water partition coefficient (Wildman–Crippen LogP) is 6.22. The number of carbonyl (C=O) groups excluding carboxylic acids is 2. The van der Waals surface area contributed by atoms with Crippen molar-refractivity contribution in [2.45, 2.75) is 109 Å². The Balaban J connectivity index is 1.54. The van der Waals surface area contributed by atoms with Crippen molar-refractivity contribution >= 4 is 17.5 Å². The Morgan fingerprint density at radius 3 is 2.49 bits per heavy atom. The Kier molecular flexibility index (Phi) is 10.9. The fourth-order valence-corrected chi connectivity index (χ4v) is 6.16. The smallest absolute Gasteiger partial charge is 0.253 e. The average molecular weight is 591 g/mol. The van der Waals surface area contributed by atoms with Crippen LogP contribution in [0.1, 0.15) is 117 Å². The third kappa shape index (κ3) is 9.05. The standard InChI is InChI=1S/C36H54N4O3/c1-25-13-10-8-7-9-11-18-37-30-21-26(20-27(22-30)34(43)40(5)6)33(42)39-31(19-25)32(41)24-38-36(16-17-36)29-15-12-14-28(23-29)35(2,3)4/h12,14-15,20-23,25,31-32,37-38,41H,7-11,13,16-19,24H2,1-6H3,(H,39,42)/t25-,31+,32-/m1/s1. The van der Waals surface area contributed by atoms with Crippen LogP contribution < -0.4 is 16.0 Å². The van der Waals surface area contributed by atoms with Crippen LogP contribution in [0.25, 0.3) is 0 Å². The van der Waals surface area contributed by atoms with Crippen LogP contribution in [0.15, 0.2) is 42.5 Å². The quantitative estimate of drug-likeness (QED) is 0.321. The summed E-state index contributed by atoms with van der Waals surface area (Å²) in [6, 6.07) is 13.7. The van der Waals surface area contributed by atoms with Crippen LogP contribution >= 0.6 is 0 Å². The molecule has 1 aliphatic carbocycles. The van der Waals surface area contributed by atoms with E-state index in [0.717, 1.165) is 50.8 Å². The van der Waals surface area contributed by atoms with Gasteiger partial charge in [0.15, 0.2) is 0 Å². The molecule has 4 N–H and O–H groups in total. The second-order valence-corrected chi connectivity index (χ2v) is 14.3. The minimum Gasteiger partial charge on any atom is -0.390 e. The lowest BCUT2D eigenvalue weighted by Gasteiger charge is -2.30. The first kappa shape index (κ1) is 33.0. The van der Waals surface area contributed by atoms with Crippen LogP contribution in [0.4, 0.5) is 5.69 Å². The van der Waals surface area contributed by atoms with Crippen LogP contribution in [0.3, 0.4) is 0 Å². The SMILES string of the molecule is C[C@@H]1CCCCCCCNc2cc(cc(C(=O)N(C)C)c2)C(=O)N[C@H]([C@H](O)CNC2(c3cccc(C(C)(C)C)c3)CC2)C1. The van der Waals surface area contributed by atoms with Gasteiger partial charge in [0.05, 0.1) is 12.1 Å². The van der Waals surface area contributed by atoms with E-state index in [1.165, 1.54) is 28.9 Å². The number of nitrogens with one attached hydrogen (secondary N) is 3. The summed E-state index contributed by atoms with van der Waals surface area (Å²) >= 11 is 0. The van der Waals surface area contributed by atoms with Gasteiger partial charge in [-0.2, -0.15) is 0 Å². The molecule has 2 aromatic carbocycles. The maximum Gasteiger partial charge on any atom is 0.253 e. The highest BCUT2D eigenvalue weighted by molar-refractivity contribution is 6.01. The highest BCUT2D eigenvalue weighted by Gasteiger charge is 2.44. The van der Waals surface area contributed by atoms with Crippen molar-refractivity contribution in [3.05, 3.63) is 64.7 Å². The van der Waals surface area contributed by atoms with Gasteiger partial charge in [0, 0.05) is 49.5 Å². The highest BCUT2D eigenvalue weighted by Crippen LogP contribution is 2.46. The molecular formula is C36H54N4O3. The van der Waals surface area contributed by atoms with Crippen molar-refractivity contribution < 1.29 is 14.7 Å². The molecule has 0 radical (unpaired) electrons. The number of benzene rings is 2. The summed E-state index contributed by atoms with van der Waals surface area (Å²) in [6.07, 6.45) is 8.83. The first-order chi connectivity index (χ1) is 20.4. The molecule has 236 valence electrons. The summed E-state index contributed by atoms with van der Waals surface area (Å²) in [5.74, 6) is -0.0457. The number of carbonyl (C=O) groups is 2. The number of anilines is 1. The van der Waals surface area contributed by atoms with Crippen molar-refractivity contribution in [1.82, 2.24) is 15.5 Å². The minimum absolute atomic E-state index is 0.0690. The number of nitrogens with zero attached hydrogens (tertiary/aromatic N) is 1. The fourth-order valence-electron chi connectivity index (χ4n) is 6.16. The Hall–Kier alpha value is -2.90. The normalized spacial score (nSPS) is 22.2. The molecule has 2 aromatic rings. The first-order valence-corrected chi connectivity index (χ1v) is 16.3. The third-order valence-electron chi connectivity index (χ3n) is 9.17. The summed E-state index contributed by atoms with van der Waals surface area (Å²) in [5.41, 5.74) is 4.19. The molecular weight excluding hydrogens is 536 g/mol. The van der Waals surface area contributed by atoms with Gasteiger partial charge < -0.3 is 26.0 Å². The van der Waals surface area contributed by atoms with E-state index in [-0.39, 0.29) is 22.8 Å². The molecule has 4 rings (SSSR count). The molecule has 0 saturated heterocycles. The zero-order valence-corrected chi connectivity index (χ0v) is 27.3. The molecule has 0 spiro atoms. The molecule has 1 fully saturated rings. The van der Waals surface area contributed by atoms with Crippen LogP contribution in [0, 0.1) is 5.92 Å². The average Bonchev–Trinajstić information content (AvgIpc) is 3.76. The largest absolute Gasteiger partial charge is 0.390 e. The van der Waals surface area contributed by atoms with Crippen molar-refractivity contribution in [2.75, 3.05) is 32.5 Å². The van der Waals surface area contributed by atoms with Crippen LogP contribution in [-0.2, 0) is 11.0 Å². The van der Waals surface area contributed by atoms with Crippen LogP contribution in [0.5, 0.6) is 0 Å². The molecule has 0 aromatic heterocycles. The lowest BCUT2D eigenvalue weighted by atomic mass is 9.85. The summed E-state index contributed by atoms with van der Waals surface area (Å²) in [6.45, 7) is 10.1. The van der Waals surface area contributed by atoms with Crippen molar-refractivity contribution in [1.29, 1.82) is 0 Å². The summed E-state index contributed by atoms with van der Waals surface area (Å²) in [7, 11) is 3.43. The highest BCUT2D eigenvalue weighted by atomic mass is 16.3. The number of aliphatic hydroxyl groups excluding tert-OH is 1. The summed E-state index contributed by atoms with van der Waals surface area (Å²) in [5, 5.41) is 21.9. The molecule has 1 saturated carbocycles. The lowest BCUT2D eigenvalue weighted by Crippen LogP contribution is -2.49. The van der Waals surface area contributed by atoms with Gasteiger partial charge >= 0.3 is 0 Å². The zero-order valence-electron chi connectivity index (χ0n) is 27.3. The number of hydrogen-bond donors (Lipinski definition) is 4. The Labute approximate surface area is 259 Å². The third-order valence-corrected chi connectivity index (χ3v) is 9.17. The number of hydrogen-bond acceptors (Lipinski definition) is 5. The van der Waals surface area contributed by atoms with E-state index < -0.39 is 12.1 Å². The van der Waals surface area contributed by atoms with Gasteiger partial charge in [-0.05, 0) is 66.3 Å². The lowest BCUT2D eigenvalue weighted by molar-refractivity contribution is 0.0782. The van der Waals surface area contributed by atoms with Gasteiger partial charge in [-0.15, -0.1) is 0 Å². The van der Waals surface area contributed by atoms with E-state index in [9.17, 15) is 14.7 Å². The maximum absolute atomic E-state index is 13.7. The Morgan fingerprint density at radius 2 is 1.79 bits per heavy atom. The maximum atomic E-state index is 13.7. The van der Waals surface area contributed by atoms with Crippen molar-refractivity contribution in [3.8, 4) is 0 Å². The van der Waals surface area contributed by atoms with Crippen molar-refractivity contribution in [2.24, 2.45) is 5.92 Å². The monoisotopic (exact) mass is 590 g/mol. The zero-order chi connectivity index (χ0) is 31.2. The van der Waals surface area contributed by atoms with E-state index in [2.05, 4.69) is 67.9 Å². The summed E-state index contributed by atoms with van der Waals surface area (Å²) in [4.78, 5) is 28.1. The molecule has 43 heavy (non-hydrogen) atoms. The molecule has 7 heteroatoms. The second kappa shape index (κ2) is 14.3. The van der Waals surface area contributed by atoms with Gasteiger partial charge in [0.2, 0.25) is 0 Å². The number of fused-ring (bicyclic) bond motifs is 2. The van der Waals surface area contributed by atoms with Gasteiger partial charge in [-0.3, -0.25) is 9.59 Å². The van der Waals surface area contributed by atoms with Gasteiger partial charge in [0.25, 0.3) is 11.8 Å². The minimum atomic E-state index is -0.752. The second-order valence-electron chi connectivity index (χ2n) is 14.3. The molecule has 3 atom stereocenters. The number of amides is 2. The van der Waals surface area contributed by atoms with E-state index in [0.29, 0.717) is 30.0 Å². The van der Waals surface area contributed by atoms with E-state index >= 15 is 0 Å². The van der Waals surface area contributed by atoms with E-state index in [1.54, 1.807) is 20.2 Å². The van der Waals surface area contributed by atoms with Gasteiger partial charge in [0.1, 0.15) is 0 Å². The Bertz CT molecular complexity index is 1250. The van der Waals surface area contributed by atoms with Gasteiger partial charge in [-0.25, -0.2) is 0 Å². The predicted molar refractivity (Wildman–Crippen MR) is 176 cm³/mol. The molecule has 2 bridgehead atoms. The van der Waals surface area contributed by atoms with Gasteiger partial charge in [-0.1, -0.05) is 84.1 Å². The van der Waals surface area contributed by atoms with E-state index in [1.807, 2.05) is 12.1 Å². The van der Waals surface area contributed by atoms with Crippen LogP contribution in [0.2, 0.25) is 0 Å². The number of aliphatic hydroxyl groups is 1. The summed E-state index contributed by atoms with van der Waals surface area (Å²) < 4.78 is 0. The Morgan fingerprint density at radius 1 is 1.07 bits per heavy atom. The molecule has 2 amide bonds. The van der Waals surface area contributed by atoms with E-state index in [4.69, 9.17) is 0 Å². The fraction of sp³-hybridized carbons (Fsp3) is 0.611. The molecule has 0 unspecified atom stereocenters. The topological polar surface area (TPSA) is 93.7 Å². The molecule has 1 aliphatic heterocycles. The van der Waals surface area contributed by atoms with Crippen LogP contribution in [-0.4, -0.2) is 61.2 Å². The molecule has 2 aliphatic rings. The number of rotatable bonds is 6. The molecule has 7 nitrogen and oxygen atoms in total. The first-order valence-electron chi connectivity index (χ1n) is 16.3. The van der Waals surface area contributed by atoms with Crippen molar-refractivity contribution in [3.63, 3.8) is 0 Å². The molecule has 1 heterocycles.